The van der Waals surface area contributed by atoms with E-state index < -0.39 is 48.1 Å². The number of amides is 4. The van der Waals surface area contributed by atoms with Crippen LogP contribution in [0.4, 0.5) is 10.5 Å². The number of nitrogens with zero attached hydrogens (tertiary/aromatic N) is 3. The summed E-state index contributed by atoms with van der Waals surface area (Å²) < 4.78 is 8.06. The number of urea groups is 1. The van der Waals surface area contributed by atoms with Gasteiger partial charge in [-0.05, 0) is 49.7 Å². The summed E-state index contributed by atoms with van der Waals surface area (Å²) in [5.41, 5.74) is -0.379. The topological polar surface area (TPSA) is 132 Å². The second-order valence-corrected chi connectivity index (χ2v) is 10.9. The van der Waals surface area contributed by atoms with Gasteiger partial charge in [0.05, 0.1) is 11.4 Å². The van der Waals surface area contributed by atoms with Gasteiger partial charge in [0.2, 0.25) is 0 Å². The normalized spacial score (nSPS) is 22.7. The van der Waals surface area contributed by atoms with E-state index in [1.807, 2.05) is 13.0 Å². The molecule has 0 unspecified atom stereocenters. The first-order chi connectivity index (χ1) is 17.3. The van der Waals surface area contributed by atoms with Crippen molar-refractivity contribution in [2.45, 2.75) is 52.5 Å². The number of esters is 1. The van der Waals surface area contributed by atoms with Crippen LogP contribution in [0.1, 0.15) is 45.7 Å². The minimum atomic E-state index is -1.03. The first-order valence-electron chi connectivity index (χ1n) is 12.3. The summed E-state index contributed by atoms with van der Waals surface area (Å²) in [6.45, 7) is 6.57. The molecule has 37 heavy (non-hydrogen) atoms. The van der Waals surface area contributed by atoms with Crippen molar-refractivity contribution in [2.24, 2.45) is 18.4 Å². The van der Waals surface area contributed by atoms with Gasteiger partial charge < -0.3 is 15.4 Å². The number of rotatable bonds is 6. The van der Waals surface area contributed by atoms with Crippen LogP contribution in [0, 0.1) is 18.3 Å². The monoisotopic (exact) mass is 511 g/mol. The van der Waals surface area contributed by atoms with Gasteiger partial charge in [-0.2, -0.15) is 0 Å². The van der Waals surface area contributed by atoms with Gasteiger partial charge >= 0.3 is 12.0 Å². The molecule has 2 aromatic rings. The highest BCUT2D eigenvalue weighted by atomic mass is 16.5. The molecule has 2 atom stereocenters. The number of carbonyl (C=O) groups is 4. The van der Waals surface area contributed by atoms with E-state index in [-0.39, 0.29) is 17.0 Å². The zero-order chi connectivity index (χ0) is 27.1. The Morgan fingerprint density at radius 3 is 2.46 bits per heavy atom. The van der Waals surface area contributed by atoms with Crippen molar-refractivity contribution in [3.8, 4) is 5.69 Å². The number of ether oxygens (including phenoxy) is 1. The van der Waals surface area contributed by atoms with Crippen LogP contribution in [0.2, 0.25) is 0 Å². The molecule has 1 aliphatic heterocycles. The molecule has 2 N–H and O–H groups in total. The number of imide groups is 1. The molecule has 1 aliphatic carbocycles. The summed E-state index contributed by atoms with van der Waals surface area (Å²) in [6.07, 6.45) is 1.93. The van der Waals surface area contributed by atoms with E-state index in [1.54, 1.807) is 42.9 Å². The Bertz CT molecular complexity index is 1310. The number of benzene rings is 1. The van der Waals surface area contributed by atoms with Crippen molar-refractivity contribution >= 4 is 29.5 Å². The molecule has 1 spiro atoms. The highest BCUT2D eigenvalue weighted by molar-refractivity contribution is 6.09. The summed E-state index contributed by atoms with van der Waals surface area (Å²) in [6, 6.07) is 8.32. The van der Waals surface area contributed by atoms with E-state index >= 15 is 0 Å². The van der Waals surface area contributed by atoms with Crippen molar-refractivity contribution in [3.63, 3.8) is 0 Å². The van der Waals surface area contributed by atoms with Gasteiger partial charge in [-0.3, -0.25) is 28.8 Å². The Kier molecular flexibility index (Phi) is 6.74. The van der Waals surface area contributed by atoms with Gasteiger partial charge in [0.15, 0.2) is 6.61 Å². The Morgan fingerprint density at radius 2 is 1.81 bits per heavy atom. The smallest absolute Gasteiger partial charge is 0.326 e. The van der Waals surface area contributed by atoms with Crippen molar-refractivity contribution < 1.29 is 23.9 Å². The molecule has 2 aliphatic rings. The maximum Gasteiger partial charge on any atom is 0.326 e. The van der Waals surface area contributed by atoms with Crippen molar-refractivity contribution in [3.05, 3.63) is 46.4 Å². The summed E-state index contributed by atoms with van der Waals surface area (Å²) in [4.78, 5) is 64.5. The highest BCUT2D eigenvalue weighted by Crippen LogP contribution is 2.46. The Labute approximate surface area is 214 Å². The van der Waals surface area contributed by atoms with E-state index in [2.05, 4.69) is 24.5 Å². The number of aromatic nitrogens is 2. The Hall–Kier alpha value is -3.89. The van der Waals surface area contributed by atoms with E-state index in [4.69, 9.17) is 4.74 Å². The van der Waals surface area contributed by atoms with Crippen LogP contribution in [-0.2, 0) is 26.2 Å². The van der Waals surface area contributed by atoms with Crippen molar-refractivity contribution in [2.75, 3.05) is 18.5 Å². The fraction of sp³-hybridized carbons (Fsp3) is 0.500. The summed E-state index contributed by atoms with van der Waals surface area (Å²) in [5, 5.41) is 5.31. The van der Waals surface area contributed by atoms with Crippen LogP contribution in [0.3, 0.4) is 0 Å². The van der Waals surface area contributed by atoms with Crippen LogP contribution < -0.4 is 16.2 Å². The van der Waals surface area contributed by atoms with Gasteiger partial charge in [0.1, 0.15) is 17.8 Å². The van der Waals surface area contributed by atoms with E-state index in [0.29, 0.717) is 24.2 Å². The lowest BCUT2D eigenvalue weighted by Gasteiger charge is -2.43. The minimum absolute atomic E-state index is 0.0671. The number of para-hydroxylation sites is 1. The lowest BCUT2D eigenvalue weighted by molar-refractivity contribution is -0.150. The molecule has 198 valence electrons. The minimum Gasteiger partial charge on any atom is -0.454 e. The van der Waals surface area contributed by atoms with Crippen LogP contribution >= 0.6 is 0 Å². The van der Waals surface area contributed by atoms with Crippen LogP contribution in [-0.4, -0.2) is 56.8 Å². The zero-order valence-electron chi connectivity index (χ0n) is 21.8. The highest BCUT2D eigenvalue weighted by Gasteiger charge is 2.56. The number of carbonyl (C=O) groups excluding carboxylic acids is 4. The van der Waals surface area contributed by atoms with Gasteiger partial charge in [0, 0.05) is 7.05 Å². The molecule has 1 saturated carbocycles. The molecule has 1 aromatic carbocycles. The van der Waals surface area contributed by atoms with E-state index in [9.17, 15) is 24.0 Å². The molecule has 4 amide bonds. The lowest BCUT2D eigenvalue weighted by Crippen LogP contribution is -2.54. The maximum absolute atomic E-state index is 13.2. The number of anilines is 1. The standard InChI is InChI=1S/C26H33N5O6/c1-16-11-25(3,4)15-26(12-16)23(35)30(24(36)28-26)13-20(33)37-14-19(32)27-21-17(2)29(5)31(22(21)34)18-9-7-6-8-10-18/h6-10,16H,11-15H2,1-5H3,(H,27,32)(H,28,36)/t16-,26+/m1/s1. The van der Waals surface area contributed by atoms with Crippen LogP contribution in [0.25, 0.3) is 5.69 Å². The van der Waals surface area contributed by atoms with Crippen LogP contribution in [0.5, 0.6) is 0 Å². The number of hydrogen-bond donors (Lipinski definition) is 2. The van der Waals surface area contributed by atoms with E-state index in [0.717, 1.165) is 11.3 Å². The molecule has 0 bridgehead atoms. The summed E-state index contributed by atoms with van der Waals surface area (Å²) >= 11 is 0. The van der Waals surface area contributed by atoms with Crippen molar-refractivity contribution in [1.29, 1.82) is 0 Å². The molecule has 0 radical (unpaired) electrons. The third kappa shape index (κ3) is 5.03. The lowest BCUT2D eigenvalue weighted by atomic mass is 9.64. The third-order valence-corrected chi connectivity index (χ3v) is 7.09. The first kappa shape index (κ1) is 26.2. The molecule has 4 rings (SSSR count). The predicted octanol–water partition coefficient (Wildman–Crippen LogP) is 2.10. The molecular formula is C26H33N5O6. The molecule has 11 nitrogen and oxygen atoms in total. The fourth-order valence-electron chi connectivity index (χ4n) is 5.86. The largest absolute Gasteiger partial charge is 0.454 e. The molecule has 1 aromatic heterocycles. The maximum atomic E-state index is 13.2. The number of hydrogen-bond acceptors (Lipinski definition) is 6. The van der Waals surface area contributed by atoms with Gasteiger partial charge in [-0.15, -0.1) is 0 Å². The number of nitrogens with one attached hydrogen (secondary N) is 2. The van der Waals surface area contributed by atoms with Gasteiger partial charge in [0.25, 0.3) is 17.4 Å². The Balaban J connectivity index is 1.37. The van der Waals surface area contributed by atoms with Crippen LogP contribution in [0.15, 0.2) is 35.1 Å². The summed E-state index contributed by atoms with van der Waals surface area (Å²) in [7, 11) is 1.69. The average molecular weight is 512 g/mol. The second kappa shape index (κ2) is 9.53. The first-order valence-corrected chi connectivity index (χ1v) is 12.3. The zero-order valence-corrected chi connectivity index (χ0v) is 21.8. The quantitative estimate of drug-likeness (QED) is 0.451. The Morgan fingerprint density at radius 1 is 1.14 bits per heavy atom. The summed E-state index contributed by atoms with van der Waals surface area (Å²) in [5.74, 6) is -1.82. The molecule has 2 fully saturated rings. The third-order valence-electron chi connectivity index (χ3n) is 7.09. The predicted molar refractivity (Wildman–Crippen MR) is 135 cm³/mol. The molecule has 1 saturated heterocycles. The second-order valence-electron chi connectivity index (χ2n) is 10.9. The average Bonchev–Trinajstić information content (AvgIpc) is 3.15. The fourth-order valence-corrected chi connectivity index (χ4v) is 5.86. The molecular weight excluding hydrogens is 478 g/mol. The van der Waals surface area contributed by atoms with Gasteiger partial charge in [-0.1, -0.05) is 39.0 Å². The van der Waals surface area contributed by atoms with Crippen molar-refractivity contribution in [1.82, 2.24) is 19.6 Å². The van der Waals surface area contributed by atoms with Gasteiger partial charge in [-0.25, -0.2) is 9.48 Å². The SMILES string of the molecule is Cc1c(NC(=O)COC(=O)CN2C(=O)N[C@]3(C[C@H](C)CC(C)(C)C3)C2=O)c(=O)n(-c2ccccc2)n1C. The van der Waals surface area contributed by atoms with E-state index in [1.165, 1.54) is 4.68 Å². The molecule has 11 heteroatoms. The molecule has 2 heterocycles.